The number of ether oxygens (including phenoxy) is 1. The fourth-order valence-electron chi connectivity index (χ4n) is 1.88. The van der Waals surface area contributed by atoms with Gasteiger partial charge in [-0.2, -0.15) is 0 Å². The molecule has 0 aliphatic carbocycles. The molecule has 0 aromatic heterocycles. The average Bonchev–Trinajstić information content (AvgIpc) is 2.59. The lowest BCUT2D eigenvalue weighted by Crippen LogP contribution is -2.41. The lowest BCUT2D eigenvalue weighted by atomic mass is 10.2. The van der Waals surface area contributed by atoms with Gasteiger partial charge in [0.05, 0.1) is 23.3 Å². The number of thioether (sulfide) groups is 1. The lowest BCUT2D eigenvalue weighted by molar-refractivity contribution is 0.0845. The molecule has 2 rings (SSSR count). The Labute approximate surface area is 143 Å². The van der Waals surface area contributed by atoms with E-state index in [4.69, 9.17) is 16.3 Å². The number of amides is 2. The number of rotatable bonds is 4. The van der Waals surface area contributed by atoms with Crippen molar-refractivity contribution in [1.29, 1.82) is 0 Å². The first-order valence-electron chi connectivity index (χ1n) is 6.64. The highest BCUT2D eigenvalue weighted by atomic mass is 35.5. The third kappa shape index (κ3) is 4.18. The Bertz CT molecular complexity index is 737. The molecule has 23 heavy (non-hydrogen) atoms. The first-order chi connectivity index (χ1) is 11.1. The van der Waals surface area contributed by atoms with Gasteiger partial charge in [-0.05, 0) is 36.6 Å². The van der Waals surface area contributed by atoms with Crippen LogP contribution in [0, 0.1) is 0 Å². The van der Waals surface area contributed by atoms with Crippen molar-refractivity contribution >= 4 is 35.2 Å². The van der Waals surface area contributed by atoms with E-state index in [2.05, 4.69) is 10.9 Å². The van der Waals surface area contributed by atoms with E-state index in [0.29, 0.717) is 16.3 Å². The van der Waals surface area contributed by atoms with Crippen LogP contribution in [0.4, 0.5) is 0 Å². The van der Waals surface area contributed by atoms with Gasteiger partial charge in [-0.3, -0.25) is 20.4 Å². The Morgan fingerprint density at radius 1 is 1.04 bits per heavy atom. The number of methoxy groups -OCH3 is 1. The normalized spacial score (nSPS) is 10.0. The molecular formula is C16H15ClN2O3S. The number of hydrazine groups is 1. The third-order valence-corrected chi connectivity index (χ3v) is 4.12. The summed E-state index contributed by atoms with van der Waals surface area (Å²) in [5.41, 5.74) is 5.29. The molecule has 2 aromatic carbocycles. The van der Waals surface area contributed by atoms with E-state index in [1.54, 1.807) is 42.5 Å². The molecule has 0 saturated carbocycles. The molecule has 2 aromatic rings. The number of hydrogen-bond donors (Lipinski definition) is 2. The van der Waals surface area contributed by atoms with E-state index < -0.39 is 11.8 Å². The van der Waals surface area contributed by atoms with Crippen molar-refractivity contribution in [3.8, 4) is 5.75 Å². The van der Waals surface area contributed by atoms with E-state index in [0.717, 1.165) is 4.90 Å². The number of hydrogen-bond acceptors (Lipinski definition) is 4. The molecule has 0 heterocycles. The zero-order valence-electron chi connectivity index (χ0n) is 12.6. The standard InChI is InChI=1S/C16H15ClN2O3S/c1-22-14-9-10(23-2)7-8-12(14)16(21)19-18-15(20)11-5-3-4-6-13(11)17/h3-9H,1-2H3,(H,18,20)(H,19,21). The van der Waals surface area contributed by atoms with Gasteiger partial charge in [-0.1, -0.05) is 23.7 Å². The number of carbonyl (C=O) groups is 2. The molecule has 0 bridgehead atoms. The van der Waals surface area contributed by atoms with Crippen LogP contribution in [-0.4, -0.2) is 25.2 Å². The van der Waals surface area contributed by atoms with Crippen molar-refractivity contribution < 1.29 is 14.3 Å². The highest BCUT2D eigenvalue weighted by molar-refractivity contribution is 7.98. The lowest BCUT2D eigenvalue weighted by Gasteiger charge is -2.11. The monoisotopic (exact) mass is 350 g/mol. The van der Waals surface area contributed by atoms with Crippen molar-refractivity contribution in [3.05, 3.63) is 58.6 Å². The Balaban J connectivity index is 2.08. The summed E-state index contributed by atoms with van der Waals surface area (Å²) in [6, 6.07) is 11.8. The molecule has 0 radical (unpaired) electrons. The summed E-state index contributed by atoms with van der Waals surface area (Å²) in [7, 11) is 1.48. The summed E-state index contributed by atoms with van der Waals surface area (Å²) in [6.07, 6.45) is 1.93. The van der Waals surface area contributed by atoms with Crippen LogP contribution in [0.1, 0.15) is 20.7 Å². The number of halogens is 1. The minimum Gasteiger partial charge on any atom is -0.496 e. The molecule has 5 nitrogen and oxygen atoms in total. The Morgan fingerprint density at radius 2 is 1.70 bits per heavy atom. The van der Waals surface area contributed by atoms with Gasteiger partial charge in [-0.25, -0.2) is 0 Å². The van der Waals surface area contributed by atoms with Crippen molar-refractivity contribution in [2.24, 2.45) is 0 Å². The average molecular weight is 351 g/mol. The van der Waals surface area contributed by atoms with Gasteiger partial charge in [0, 0.05) is 4.90 Å². The fraction of sp³-hybridized carbons (Fsp3) is 0.125. The Hall–Kier alpha value is -2.18. The van der Waals surface area contributed by atoms with Crippen molar-refractivity contribution in [2.45, 2.75) is 4.90 Å². The summed E-state index contributed by atoms with van der Waals surface area (Å²) in [6.45, 7) is 0. The SMILES string of the molecule is COc1cc(SC)ccc1C(=O)NNC(=O)c1ccccc1Cl. The summed E-state index contributed by atoms with van der Waals surface area (Å²) in [5, 5.41) is 0.307. The maximum atomic E-state index is 12.2. The molecule has 0 atom stereocenters. The quantitative estimate of drug-likeness (QED) is 0.656. The van der Waals surface area contributed by atoms with E-state index >= 15 is 0 Å². The second kappa shape index (κ2) is 7.89. The van der Waals surface area contributed by atoms with Gasteiger partial charge in [-0.15, -0.1) is 11.8 Å². The predicted molar refractivity (Wildman–Crippen MR) is 91.2 cm³/mol. The minimum absolute atomic E-state index is 0.277. The van der Waals surface area contributed by atoms with Crippen LogP contribution >= 0.6 is 23.4 Å². The zero-order valence-corrected chi connectivity index (χ0v) is 14.1. The van der Waals surface area contributed by atoms with Crippen LogP contribution < -0.4 is 15.6 Å². The van der Waals surface area contributed by atoms with Crippen molar-refractivity contribution in [3.63, 3.8) is 0 Å². The maximum Gasteiger partial charge on any atom is 0.273 e. The number of nitrogens with one attached hydrogen (secondary N) is 2. The molecule has 0 saturated heterocycles. The second-order valence-corrected chi connectivity index (χ2v) is 5.74. The molecule has 2 amide bonds. The molecule has 2 N–H and O–H groups in total. The second-order valence-electron chi connectivity index (χ2n) is 4.45. The summed E-state index contributed by atoms with van der Waals surface area (Å²) in [4.78, 5) is 25.2. The van der Waals surface area contributed by atoms with Crippen LogP contribution in [0.5, 0.6) is 5.75 Å². The van der Waals surface area contributed by atoms with Gasteiger partial charge >= 0.3 is 0 Å². The van der Waals surface area contributed by atoms with Gasteiger partial charge in [0.25, 0.3) is 11.8 Å². The molecule has 7 heteroatoms. The van der Waals surface area contributed by atoms with Crippen LogP contribution in [0.3, 0.4) is 0 Å². The highest BCUT2D eigenvalue weighted by Crippen LogP contribution is 2.25. The predicted octanol–water partition coefficient (Wildman–Crippen LogP) is 3.15. The molecular weight excluding hydrogens is 336 g/mol. The summed E-state index contributed by atoms with van der Waals surface area (Å²) < 4.78 is 5.21. The molecule has 120 valence electrons. The van der Waals surface area contributed by atoms with Gasteiger partial charge < -0.3 is 4.74 Å². The van der Waals surface area contributed by atoms with Gasteiger partial charge in [0.2, 0.25) is 0 Å². The van der Waals surface area contributed by atoms with Gasteiger partial charge in [0.1, 0.15) is 5.75 Å². The molecule has 0 unspecified atom stereocenters. The number of benzene rings is 2. The van der Waals surface area contributed by atoms with E-state index in [1.807, 2.05) is 6.26 Å². The van der Waals surface area contributed by atoms with Crippen molar-refractivity contribution in [2.75, 3.05) is 13.4 Å². The smallest absolute Gasteiger partial charge is 0.273 e. The van der Waals surface area contributed by atoms with Crippen molar-refractivity contribution in [1.82, 2.24) is 10.9 Å². The first-order valence-corrected chi connectivity index (χ1v) is 8.24. The molecule has 0 spiro atoms. The van der Waals surface area contributed by atoms with Gasteiger partial charge in [0.15, 0.2) is 0 Å². The van der Waals surface area contributed by atoms with E-state index in [1.165, 1.54) is 18.9 Å². The highest BCUT2D eigenvalue weighted by Gasteiger charge is 2.15. The maximum absolute atomic E-state index is 12.2. The topological polar surface area (TPSA) is 67.4 Å². The fourth-order valence-corrected chi connectivity index (χ4v) is 2.53. The number of carbonyl (C=O) groups excluding carboxylic acids is 2. The molecule has 0 fully saturated rings. The summed E-state index contributed by atoms with van der Waals surface area (Å²) >= 11 is 7.48. The largest absolute Gasteiger partial charge is 0.496 e. The molecule has 0 aliphatic rings. The third-order valence-electron chi connectivity index (χ3n) is 3.06. The van der Waals surface area contributed by atoms with Crippen LogP contribution in [0.15, 0.2) is 47.4 Å². The Morgan fingerprint density at radius 3 is 2.30 bits per heavy atom. The van der Waals surface area contributed by atoms with Crippen LogP contribution in [0.2, 0.25) is 5.02 Å². The van der Waals surface area contributed by atoms with Crippen LogP contribution in [-0.2, 0) is 0 Å². The summed E-state index contributed by atoms with van der Waals surface area (Å²) in [5.74, 6) is -0.542. The van der Waals surface area contributed by atoms with E-state index in [-0.39, 0.29) is 5.56 Å². The minimum atomic E-state index is -0.497. The zero-order chi connectivity index (χ0) is 16.8. The first kappa shape index (κ1) is 17.2. The Kier molecular flexibility index (Phi) is 5.90. The van der Waals surface area contributed by atoms with Crippen LogP contribution in [0.25, 0.3) is 0 Å². The van der Waals surface area contributed by atoms with E-state index in [9.17, 15) is 9.59 Å². The molecule has 0 aliphatic heterocycles.